The van der Waals surface area contributed by atoms with Crippen molar-refractivity contribution >= 4 is 17.0 Å². The first kappa shape index (κ1) is 8.90. The number of nitrogen functional groups attached to an aromatic ring is 1. The third kappa shape index (κ3) is 1.23. The summed E-state index contributed by atoms with van der Waals surface area (Å²) < 4.78 is 5.22. The van der Waals surface area contributed by atoms with Gasteiger partial charge in [0.15, 0.2) is 11.5 Å². The SMILES string of the molecule is Cc1cc(-c2nc3ncnc(N)c3[nH]2)co1. The molecule has 16 heavy (non-hydrogen) atoms. The number of aromatic nitrogens is 4. The molecule has 6 heteroatoms. The van der Waals surface area contributed by atoms with Gasteiger partial charge in [0.25, 0.3) is 0 Å². The van der Waals surface area contributed by atoms with Gasteiger partial charge >= 0.3 is 0 Å². The topological polar surface area (TPSA) is 93.6 Å². The van der Waals surface area contributed by atoms with E-state index in [0.717, 1.165) is 11.3 Å². The van der Waals surface area contributed by atoms with Gasteiger partial charge in [0, 0.05) is 0 Å². The highest BCUT2D eigenvalue weighted by Gasteiger charge is 2.10. The van der Waals surface area contributed by atoms with E-state index in [0.29, 0.717) is 22.8 Å². The van der Waals surface area contributed by atoms with Gasteiger partial charge in [-0.1, -0.05) is 0 Å². The summed E-state index contributed by atoms with van der Waals surface area (Å²) in [7, 11) is 0. The molecule has 80 valence electrons. The molecule has 0 saturated carbocycles. The van der Waals surface area contributed by atoms with Crippen LogP contribution in [0.15, 0.2) is 23.1 Å². The molecule has 3 N–H and O–H groups in total. The van der Waals surface area contributed by atoms with E-state index in [2.05, 4.69) is 19.9 Å². The molecule has 0 unspecified atom stereocenters. The van der Waals surface area contributed by atoms with Gasteiger partial charge < -0.3 is 15.1 Å². The molecule has 0 aliphatic carbocycles. The number of nitrogens with two attached hydrogens (primary N) is 1. The molecule has 0 aromatic carbocycles. The van der Waals surface area contributed by atoms with Crippen LogP contribution in [0.5, 0.6) is 0 Å². The molecule has 3 rings (SSSR count). The Morgan fingerprint density at radius 2 is 2.25 bits per heavy atom. The Bertz CT molecular complexity index is 654. The quantitative estimate of drug-likeness (QED) is 0.641. The van der Waals surface area contributed by atoms with Gasteiger partial charge in [0.2, 0.25) is 0 Å². The smallest absolute Gasteiger partial charge is 0.183 e. The molecule has 0 aliphatic rings. The minimum absolute atomic E-state index is 0.393. The highest BCUT2D eigenvalue weighted by molar-refractivity contribution is 5.84. The number of nitrogens with zero attached hydrogens (tertiary/aromatic N) is 3. The van der Waals surface area contributed by atoms with Crippen LogP contribution in [0.2, 0.25) is 0 Å². The summed E-state index contributed by atoms with van der Waals surface area (Å²) >= 11 is 0. The van der Waals surface area contributed by atoms with Crippen LogP contribution in [0, 0.1) is 6.92 Å². The van der Waals surface area contributed by atoms with E-state index < -0.39 is 0 Å². The number of hydrogen-bond acceptors (Lipinski definition) is 5. The Hall–Kier alpha value is -2.37. The lowest BCUT2D eigenvalue weighted by Gasteiger charge is -1.89. The van der Waals surface area contributed by atoms with Crippen molar-refractivity contribution in [3.63, 3.8) is 0 Å². The minimum atomic E-state index is 0.393. The number of furan rings is 1. The number of imidazole rings is 1. The summed E-state index contributed by atoms with van der Waals surface area (Å²) in [6.45, 7) is 1.88. The van der Waals surface area contributed by atoms with E-state index >= 15 is 0 Å². The second kappa shape index (κ2) is 3.06. The monoisotopic (exact) mass is 215 g/mol. The third-order valence-electron chi connectivity index (χ3n) is 2.32. The number of nitrogens with one attached hydrogen (secondary N) is 1. The maximum Gasteiger partial charge on any atom is 0.183 e. The van der Waals surface area contributed by atoms with Crippen molar-refractivity contribution in [2.75, 3.05) is 5.73 Å². The molecule has 0 amide bonds. The van der Waals surface area contributed by atoms with Gasteiger partial charge in [-0.05, 0) is 13.0 Å². The second-order valence-electron chi connectivity index (χ2n) is 3.49. The number of hydrogen-bond donors (Lipinski definition) is 2. The van der Waals surface area contributed by atoms with Crippen molar-refractivity contribution < 1.29 is 4.42 Å². The molecular weight excluding hydrogens is 206 g/mol. The molecule has 0 saturated heterocycles. The Labute approximate surface area is 90.5 Å². The average molecular weight is 215 g/mol. The summed E-state index contributed by atoms with van der Waals surface area (Å²) in [6.07, 6.45) is 3.03. The first-order valence-electron chi connectivity index (χ1n) is 4.76. The lowest BCUT2D eigenvalue weighted by Crippen LogP contribution is -1.91. The van der Waals surface area contributed by atoms with Crippen LogP contribution in [0.3, 0.4) is 0 Å². The number of fused-ring (bicyclic) bond motifs is 1. The van der Waals surface area contributed by atoms with Crippen LogP contribution < -0.4 is 5.73 Å². The van der Waals surface area contributed by atoms with E-state index in [4.69, 9.17) is 10.2 Å². The standard InChI is InChI=1S/C10H9N5O/c1-5-2-6(3-16-5)9-14-7-8(11)12-4-13-10(7)15-9/h2-4H,1H3,(H3,11,12,13,14,15). The Morgan fingerprint density at radius 3 is 2.94 bits per heavy atom. The number of aryl methyl sites for hydroxylation is 1. The zero-order chi connectivity index (χ0) is 11.1. The lowest BCUT2D eigenvalue weighted by atomic mass is 10.3. The van der Waals surface area contributed by atoms with Crippen LogP contribution >= 0.6 is 0 Å². The molecule has 0 bridgehead atoms. The Balaban J connectivity index is 2.22. The summed E-state index contributed by atoms with van der Waals surface area (Å²) in [6, 6.07) is 1.89. The maximum absolute atomic E-state index is 5.71. The fraction of sp³-hybridized carbons (Fsp3) is 0.100. The average Bonchev–Trinajstić information content (AvgIpc) is 2.84. The maximum atomic E-state index is 5.71. The fourth-order valence-electron chi connectivity index (χ4n) is 1.55. The first-order chi connectivity index (χ1) is 7.74. The van der Waals surface area contributed by atoms with E-state index in [1.807, 2.05) is 13.0 Å². The summed E-state index contributed by atoms with van der Waals surface area (Å²) in [5.41, 5.74) is 7.78. The van der Waals surface area contributed by atoms with Gasteiger partial charge in [0.05, 0.1) is 5.56 Å². The van der Waals surface area contributed by atoms with E-state index in [9.17, 15) is 0 Å². The van der Waals surface area contributed by atoms with Crippen LogP contribution in [-0.4, -0.2) is 19.9 Å². The zero-order valence-electron chi connectivity index (χ0n) is 8.56. The van der Waals surface area contributed by atoms with Crippen molar-refractivity contribution in [3.05, 3.63) is 24.4 Å². The molecule has 0 atom stereocenters. The number of H-pyrrole nitrogens is 1. The van der Waals surface area contributed by atoms with Crippen LogP contribution in [-0.2, 0) is 0 Å². The molecule has 0 spiro atoms. The molecule has 3 heterocycles. The highest BCUT2D eigenvalue weighted by atomic mass is 16.3. The van der Waals surface area contributed by atoms with Gasteiger partial charge in [-0.25, -0.2) is 15.0 Å². The Morgan fingerprint density at radius 1 is 1.38 bits per heavy atom. The van der Waals surface area contributed by atoms with Crippen molar-refractivity contribution in [1.82, 2.24) is 19.9 Å². The minimum Gasteiger partial charge on any atom is -0.469 e. The molecule has 0 radical (unpaired) electrons. The first-order valence-corrected chi connectivity index (χ1v) is 4.76. The summed E-state index contributed by atoms with van der Waals surface area (Å²) in [4.78, 5) is 15.3. The predicted molar refractivity (Wildman–Crippen MR) is 58.5 cm³/mol. The van der Waals surface area contributed by atoms with Gasteiger partial charge in [-0.2, -0.15) is 0 Å². The summed E-state index contributed by atoms with van der Waals surface area (Å²) in [5, 5.41) is 0. The van der Waals surface area contributed by atoms with Crippen molar-refractivity contribution in [1.29, 1.82) is 0 Å². The predicted octanol–water partition coefficient (Wildman–Crippen LogP) is 1.50. The summed E-state index contributed by atoms with van der Waals surface area (Å²) in [5.74, 6) is 1.90. The zero-order valence-corrected chi connectivity index (χ0v) is 8.56. The van der Waals surface area contributed by atoms with Crippen molar-refractivity contribution in [2.24, 2.45) is 0 Å². The third-order valence-corrected chi connectivity index (χ3v) is 2.32. The number of rotatable bonds is 1. The van der Waals surface area contributed by atoms with E-state index in [1.54, 1.807) is 6.26 Å². The van der Waals surface area contributed by atoms with Crippen molar-refractivity contribution in [3.8, 4) is 11.4 Å². The second-order valence-corrected chi connectivity index (χ2v) is 3.49. The molecule has 0 aliphatic heterocycles. The molecule has 3 aromatic heterocycles. The normalized spacial score (nSPS) is 11.1. The van der Waals surface area contributed by atoms with Gasteiger partial charge in [-0.15, -0.1) is 0 Å². The Kier molecular flexibility index (Phi) is 1.70. The van der Waals surface area contributed by atoms with Gasteiger partial charge in [-0.3, -0.25) is 0 Å². The lowest BCUT2D eigenvalue weighted by molar-refractivity contribution is 0.534. The van der Waals surface area contributed by atoms with Gasteiger partial charge in [0.1, 0.15) is 29.7 Å². The molecular formula is C10H9N5O. The van der Waals surface area contributed by atoms with Crippen LogP contribution in [0.1, 0.15) is 5.76 Å². The van der Waals surface area contributed by atoms with E-state index in [-0.39, 0.29) is 0 Å². The number of aromatic amines is 1. The van der Waals surface area contributed by atoms with Crippen LogP contribution in [0.4, 0.5) is 5.82 Å². The molecule has 3 aromatic rings. The highest BCUT2D eigenvalue weighted by Crippen LogP contribution is 2.22. The largest absolute Gasteiger partial charge is 0.469 e. The van der Waals surface area contributed by atoms with Crippen molar-refractivity contribution in [2.45, 2.75) is 6.92 Å². The fourth-order valence-corrected chi connectivity index (χ4v) is 1.55. The molecule has 6 nitrogen and oxygen atoms in total. The van der Waals surface area contributed by atoms with E-state index in [1.165, 1.54) is 6.33 Å². The number of anilines is 1. The van der Waals surface area contributed by atoms with Crippen LogP contribution in [0.25, 0.3) is 22.6 Å². The molecule has 0 fully saturated rings.